The highest BCUT2D eigenvalue weighted by Crippen LogP contribution is 2.23. The van der Waals surface area contributed by atoms with Gasteiger partial charge in [0.15, 0.2) is 0 Å². The summed E-state index contributed by atoms with van der Waals surface area (Å²) in [5, 5.41) is 9.31. The third-order valence-corrected chi connectivity index (χ3v) is 2.92. The molecular weight excluding hydrogens is 168 g/mol. The molecule has 1 heterocycles. The number of aliphatic hydroxyl groups is 1. The molecule has 2 aliphatic rings. The monoisotopic (exact) mass is 186 g/mol. The van der Waals surface area contributed by atoms with Crippen molar-refractivity contribution < 1.29 is 14.6 Å². The van der Waals surface area contributed by atoms with Crippen LogP contribution in [-0.4, -0.2) is 36.6 Å². The number of aliphatic hydroxyl groups excluding tert-OH is 1. The van der Waals surface area contributed by atoms with Gasteiger partial charge in [-0.3, -0.25) is 0 Å². The van der Waals surface area contributed by atoms with Gasteiger partial charge in [-0.2, -0.15) is 0 Å². The van der Waals surface area contributed by atoms with Gasteiger partial charge in [0.05, 0.1) is 24.9 Å². The molecule has 1 aliphatic carbocycles. The Morgan fingerprint density at radius 3 is 2.38 bits per heavy atom. The lowest BCUT2D eigenvalue weighted by Crippen LogP contribution is -2.28. The minimum absolute atomic E-state index is 0.0836. The standard InChI is InChI=1S/C10H18O3/c11-8-1-3-9(4-2-8)13-10-5-6-12-7-10/h8-11H,1-7H2. The summed E-state index contributed by atoms with van der Waals surface area (Å²) in [7, 11) is 0. The van der Waals surface area contributed by atoms with Crippen LogP contribution in [0, 0.1) is 0 Å². The van der Waals surface area contributed by atoms with E-state index in [0.717, 1.165) is 45.3 Å². The Bertz CT molecular complexity index is 146. The van der Waals surface area contributed by atoms with Crippen LogP contribution >= 0.6 is 0 Å². The van der Waals surface area contributed by atoms with Gasteiger partial charge in [0.25, 0.3) is 0 Å². The zero-order chi connectivity index (χ0) is 9.10. The van der Waals surface area contributed by atoms with Crippen LogP contribution in [0.4, 0.5) is 0 Å². The van der Waals surface area contributed by atoms with E-state index < -0.39 is 0 Å². The number of hydrogen-bond acceptors (Lipinski definition) is 3. The van der Waals surface area contributed by atoms with Gasteiger partial charge in [0.1, 0.15) is 0 Å². The van der Waals surface area contributed by atoms with Crippen molar-refractivity contribution in [1.29, 1.82) is 0 Å². The highest BCUT2D eigenvalue weighted by Gasteiger charge is 2.24. The predicted octanol–water partition coefficient (Wildman–Crippen LogP) is 1.10. The summed E-state index contributed by atoms with van der Waals surface area (Å²) in [4.78, 5) is 0. The summed E-state index contributed by atoms with van der Waals surface area (Å²) in [5.74, 6) is 0. The highest BCUT2D eigenvalue weighted by molar-refractivity contribution is 4.74. The van der Waals surface area contributed by atoms with Crippen LogP contribution in [-0.2, 0) is 9.47 Å². The molecular formula is C10H18O3. The molecule has 0 amide bonds. The number of rotatable bonds is 2. The summed E-state index contributed by atoms with van der Waals surface area (Å²) >= 11 is 0. The second-order valence-corrected chi connectivity index (χ2v) is 4.05. The van der Waals surface area contributed by atoms with E-state index >= 15 is 0 Å². The topological polar surface area (TPSA) is 38.7 Å². The van der Waals surface area contributed by atoms with E-state index in [1.807, 2.05) is 0 Å². The van der Waals surface area contributed by atoms with Crippen molar-refractivity contribution in [2.24, 2.45) is 0 Å². The molecule has 3 heteroatoms. The fourth-order valence-corrected chi connectivity index (χ4v) is 2.07. The molecule has 1 saturated carbocycles. The maximum atomic E-state index is 9.31. The maximum absolute atomic E-state index is 9.31. The average molecular weight is 186 g/mol. The summed E-state index contributed by atoms with van der Waals surface area (Å²) in [6.07, 6.45) is 5.47. The van der Waals surface area contributed by atoms with Gasteiger partial charge in [0, 0.05) is 6.61 Å². The van der Waals surface area contributed by atoms with Gasteiger partial charge < -0.3 is 14.6 Å². The van der Waals surface area contributed by atoms with Gasteiger partial charge in [-0.15, -0.1) is 0 Å². The first-order valence-corrected chi connectivity index (χ1v) is 5.26. The van der Waals surface area contributed by atoms with Crippen LogP contribution < -0.4 is 0 Å². The highest BCUT2D eigenvalue weighted by atomic mass is 16.5. The van der Waals surface area contributed by atoms with Crippen molar-refractivity contribution in [3.8, 4) is 0 Å². The number of hydrogen-bond donors (Lipinski definition) is 1. The third kappa shape index (κ3) is 2.66. The Morgan fingerprint density at radius 1 is 1.00 bits per heavy atom. The molecule has 0 aromatic heterocycles. The zero-order valence-corrected chi connectivity index (χ0v) is 7.95. The smallest absolute Gasteiger partial charge is 0.0834 e. The molecule has 2 rings (SSSR count). The van der Waals surface area contributed by atoms with Crippen molar-refractivity contribution in [3.05, 3.63) is 0 Å². The largest absolute Gasteiger partial charge is 0.393 e. The van der Waals surface area contributed by atoms with Gasteiger partial charge in [-0.1, -0.05) is 0 Å². The molecule has 0 bridgehead atoms. The predicted molar refractivity (Wildman–Crippen MR) is 48.6 cm³/mol. The Hall–Kier alpha value is -0.120. The van der Waals surface area contributed by atoms with E-state index in [-0.39, 0.29) is 6.10 Å². The molecule has 2 fully saturated rings. The minimum atomic E-state index is -0.0836. The van der Waals surface area contributed by atoms with Crippen LogP contribution in [0.2, 0.25) is 0 Å². The fourth-order valence-electron chi connectivity index (χ4n) is 2.07. The van der Waals surface area contributed by atoms with E-state index in [1.165, 1.54) is 0 Å². The molecule has 0 radical (unpaired) electrons. The molecule has 13 heavy (non-hydrogen) atoms. The van der Waals surface area contributed by atoms with Crippen molar-refractivity contribution >= 4 is 0 Å². The first kappa shape index (κ1) is 9.44. The Kier molecular flexibility index (Phi) is 3.19. The van der Waals surface area contributed by atoms with Crippen LogP contribution in [0.5, 0.6) is 0 Å². The van der Waals surface area contributed by atoms with Crippen molar-refractivity contribution in [2.75, 3.05) is 13.2 Å². The molecule has 1 saturated heterocycles. The molecule has 76 valence electrons. The molecule has 0 spiro atoms. The first-order valence-electron chi connectivity index (χ1n) is 5.26. The molecule has 1 N–H and O–H groups in total. The molecule has 1 unspecified atom stereocenters. The van der Waals surface area contributed by atoms with Crippen molar-refractivity contribution in [1.82, 2.24) is 0 Å². The third-order valence-electron chi connectivity index (χ3n) is 2.92. The summed E-state index contributed by atoms with van der Waals surface area (Å²) < 4.78 is 11.1. The van der Waals surface area contributed by atoms with E-state index in [2.05, 4.69) is 0 Å². The number of ether oxygens (including phenoxy) is 2. The van der Waals surface area contributed by atoms with Crippen molar-refractivity contribution in [3.63, 3.8) is 0 Å². The Labute approximate surface area is 79.0 Å². The summed E-state index contributed by atoms with van der Waals surface area (Å²) in [6, 6.07) is 0. The second-order valence-electron chi connectivity index (χ2n) is 4.05. The summed E-state index contributed by atoms with van der Waals surface area (Å²) in [5.41, 5.74) is 0. The van der Waals surface area contributed by atoms with E-state index in [1.54, 1.807) is 0 Å². The molecule has 0 aromatic carbocycles. The molecule has 0 aromatic rings. The zero-order valence-electron chi connectivity index (χ0n) is 7.95. The normalized spacial score (nSPS) is 40.8. The molecule has 3 nitrogen and oxygen atoms in total. The quantitative estimate of drug-likeness (QED) is 0.701. The SMILES string of the molecule is OC1CCC(OC2CCOC2)CC1. The lowest BCUT2D eigenvalue weighted by atomic mass is 9.95. The van der Waals surface area contributed by atoms with Crippen molar-refractivity contribution in [2.45, 2.75) is 50.4 Å². The molecule has 1 aliphatic heterocycles. The van der Waals surface area contributed by atoms with Crippen LogP contribution in [0.1, 0.15) is 32.1 Å². The second kappa shape index (κ2) is 4.40. The Morgan fingerprint density at radius 2 is 1.77 bits per heavy atom. The van der Waals surface area contributed by atoms with Gasteiger partial charge >= 0.3 is 0 Å². The minimum Gasteiger partial charge on any atom is -0.393 e. The van der Waals surface area contributed by atoms with Gasteiger partial charge in [-0.25, -0.2) is 0 Å². The van der Waals surface area contributed by atoms with Crippen LogP contribution in [0.25, 0.3) is 0 Å². The fraction of sp³-hybridized carbons (Fsp3) is 1.00. The molecule has 1 atom stereocenters. The maximum Gasteiger partial charge on any atom is 0.0834 e. The van der Waals surface area contributed by atoms with Gasteiger partial charge in [-0.05, 0) is 32.1 Å². The van der Waals surface area contributed by atoms with E-state index in [0.29, 0.717) is 12.2 Å². The lowest BCUT2D eigenvalue weighted by molar-refractivity contribution is -0.0489. The first-order chi connectivity index (χ1) is 6.34. The van der Waals surface area contributed by atoms with Crippen LogP contribution in [0.3, 0.4) is 0 Å². The lowest BCUT2D eigenvalue weighted by Gasteiger charge is -2.27. The average Bonchev–Trinajstić information content (AvgIpc) is 2.62. The van der Waals surface area contributed by atoms with E-state index in [9.17, 15) is 5.11 Å². The Balaban J connectivity index is 1.69. The van der Waals surface area contributed by atoms with Gasteiger partial charge in [0.2, 0.25) is 0 Å². The van der Waals surface area contributed by atoms with E-state index in [4.69, 9.17) is 9.47 Å². The summed E-state index contributed by atoms with van der Waals surface area (Å²) in [6.45, 7) is 1.61. The van der Waals surface area contributed by atoms with Crippen LogP contribution in [0.15, 0.2) is 0 Å².